The Bertz CT molecular complexity index is 145. The number of amides is 1. The topological polar surface area (TPSA) is 64.3 Å². The third-order valence-electron chi connectivity index (χ3n) is 1.60. The van der Waals surface area contributed by atoms with Crippen molar-refractivity contribution >= 4 is 17.7 Å². The Hall–Kier alpha value is -0.260. The van der Waals surface area contributed by atoms with E-state index in [1.54, 1.807) is 18.9 Å². The predicted octanol–water partition coefficient (Wildman–Crippen LogP) is 0.221. The van der Waals surface area contributed by atoms with Gasteiger partial charge < -0.3 is 15.8 Å². The van der Waals surface area contributed by atoms with Crippen LogP contribution in [0, 0.1) is 0 Å². The molecule has 0 unspecified atom stereocenters. The minimum absolute atomic E-state index is 0.0831. The molecule has 4 nitrogen and oxygen atoms in total. The molecular formula is C9H20N2O2S. The van der Waals surface area contributed by atoms with Crippen molar-refractivity contribution in [3.05, 3.63) is 0 Å². The first-order chi connectivity index (χ1) is 6.81. The van der Waals surface area contributed by atoms with Crippen LogP contribution in [0.25, 0.3) is 0 Å². The van der Waals surface area contributed by atoms with Crippen LogP contribution < -0.4 is 11.1 Å². The van der Waals surface area contributed by atoms with Crippen molar-refractivity contribution in [3.63, 3.8) is 0 Å². The van der Waals surface area contributed by atoms with Crippen LogP contribution in [0.4, 0.5) is 0 Å². The molecule has 84 valence electrons. The van der Waals surface area contributed by atoms with Crippen LogP contribution in [-0.2, 0) is 9.53 Å². The second-order valence-electron chi connectivity index (χ2n) is 2.89. The summed E-state index contributed by atoms with van der Waals surface area (Å²) in [5, 5.41) is 2.77. The number of carbonyl (C=O) groups excluding carboxylic acids is 1. The van der Waals surface area contributed by atoms with Gasteiger partial charge in [0.05, 0.1) is 12.4 Å². The molecule has 0 heterocycles. The van der Waals surface area contributed by atoms with E-state index in [4.69, 9.17) is 10.5 Å². The monoisotopic (exact) mass is 220 g/mol. The van der Waals surface area contributed by atoms with Crippen molar-refractivity contribution in [2.75, 3.05) is 38.3 Å². The van der Waals surface area contributed by atoms with Crippen molar-refractivity contribution in [1.29, 1.82) is 0 Å². The summed E-state index contributed by atoms with van der Waals surface area (Å²) in [6.45, 7) is 1.91. The normalized spacial score (nSPS) is 10.1. The summed E-state index contributed by atoms with van der Waals surface area (Å²) in [5.41, 5.74) is 5.35. The second-order valence-corrected chi connectivity index (χ2v) is 4.00. The Balaban J connectivity index is 3.10. The Morgan fingerprint density at radius 1 is 1.50 bits per heavy atom. The van der Waals surface area contributed by atoms with Crippen molar-refractivity contribution in [2.45, 2.75) is 12.8 Å². The van der Waals surface area contributed by atoms with E-state index in [1.807, 2.05) is 0 Å². The highest BCUT2D eigenvalue weighted by atomic mass is 32.2. The molecule has 14 heavy (non-hydrogen) atoms. The van der Waals surface area contributed by atoms with Crippen LogP contribution in [-0.4, -0.2) is 44.2 Å². The number of unbranched alkanes of at least 4 members (excludes halogenated alkanes) is 1. The van der Waals surface area contributed by atoms with Gasteiger partial charge in [0.2, 0.25) is 5.91 Å². The molecule has 0 atom stereocenters. The van der Waals surface area contributed by atoms with E-state index in [9.17, 15) is 4.79 Å². The molecule has 0 spiro atoms. The molecular weight excluding hydrogens is 200 g/mol. The van der Waals surface area contributed by atoms with Crippen LogP contribution >= 0.6 is 11.8 Å². The van der Waals surface area contributed by atoms with E-state index in [-0.39, 0.29) is 5.91 Å². The van der Waals surface area contributed by atoms with Gasteiger partial charge >= 0.3 is 0 Å². The minimum Gasteiger partial charge on any atom is -0.383 e. The van der Waals surface area contributed by atoms with Gasteiger partial charge in [0.25, 0.3) is 0 Å². The largest absolute Gasteiger partial charge is 0.383 e. The molecule has 5 heteroatoms. The van der Waals surface area contributed by atoms with Crippen LogP contribution in [0.15, 0.2) is 0 Å². The molecule has 0 radical (unpaired) electrons. The van der Waals surface area contributed by atoms with Crippen LogP contribution in [0.2, 0.25) is 0 Å². The van der Waals surface area contributed by atoms with Gasteiger partial charge in [-0.1, -0.05) is 0 Å². The van der Waals surface area contributed by atoms with Crippen molar-refractivity contribution in [2.24, 2.45) is 5.73 Å². The standard InChI is InChI=1S/C9H20N2O2S/c1-13-6-5-11-9(12)8-14-7-3-2-4-10/h2-8,10H2,1H3,(H,11,12). The summed E-state index contributed by atoms with van der Waals surface area (Å²) in [4.78, 5) is 11.1. The zero-order valence-electron chi connectivity index (χ0n) is 8.75. The summed E-state index contributed by atoms with van der Waals surface area (Å²) in [6, 6.07) is 0. The fourth-order valence-electron chi connectivity index (χ4n) is 0.857. The Kier molecular flexibility index (Phi) is 10.6. The lowest BCUT2D eigenvalue weighted by Crippen LogP contribution is -2.28. The SMILES string of the molecule is COCCNC(=O)CSCCCCN. The highest BCUT2D eigenvalue weighted by Crippen LogP contribution is 2.03. The van der Waals surface area contributed by atoms with Crippen molar-refractivity contribution in [1.82, 2.24) is 5.32 Å². The van der Waals surface area contributed by atoms with E-state index in [0.29, 0.717) is 18.9 Å². The number of nitrogens with one attached hydrogen (secondary N) is 1. The Labute approximate surface area is 89.9 Å². The molecule has 0 fully saturated rings. The molecule has 0 aromatic rings. The number of nitrogens with two attached hydrogens (primary N) is 1. The van der Waals surface area contributed by atoms with E-state index >= 15 is 0 Å². The first-order valence-corrected chi connectivity index (χ1v) is 6.00. The predicted molar refractivity (Wildman–Crippen MR) is 60.5 cm³/mol. The number of hydrogen-bond acceptors (Lipinski definition) is 4. The fraction of sp³-hybridized carbons (Fsp3) is 0.889. The lowest BCUT2D eigenvalue weighted by Gasteiger charge is -2.03. The van der Waals surface area contributed by atoms with Gasteiger partial charge in [0.15, 0.2) is 0 Å². The maximum absolute atomic E-state index is 11.1. The zero-order valence-corrected chi connectivity index (χ0v) is 9.57. The third kappa shape index (κ3) is 9.83. The van der Waals surface area contributed by atoms with E-state index in [2.05, 4.69) is 5.32 Å². The lowest BCUT2D eigenvalue weighted by molar-refractivity contribution is -0.118. The number of thioether (sulfide) groups is 1. The second kappa shape index (κ2) is 10.8. The average Bonchev–Trinajstić information content (AvgIpc) is 2.18. The van der Waals surface area contributed by atoms with Gasteiger partial charge in [-0.25, -0.2) is 0 Å². The number of ether oxygens (including phenoxy) is 1. The molecule has 0 aromatic heterocycles. The molecule has 3 N–H and O–H groups in total. The van der Waals surface area contributed by atoms with Crippen LogP contribution in [0.1, 0.15) is 12.8 Å². The van der Waals surface area contributed by atoms with E-state index in [1.165, 1.54) is 0 Å². The van der Waals surface area contributed by atoms with Gasteiger partial charge in [0.1, 0.15) is 0 Å². The average molecular weight is 220 g/mol. The smallest absolute Gasteiger partial charge is 0.230 e. The molecule has 0 saturated carbocycles. The molecule has 0 aliphatic rings. The van der Waals surface area contributed by atoms with Crippen LogP contribution in [0.5, 0.6) is 0 Å². The summed E-state index contributed by atoms with van der Waals surface area (Å²) in [5.74, 6) is 1.63. The number of rotatable bonds is 9. The van der Waals surface area contributed by atoms with Gasteiger partial charge in [-0.15, -0.1) is 0 Å². The van der Waals surface area contributed by atoms with Crippen molar-refractivity contribution in [3.8, 4) is 0 Å². The summed E-state index contributed by atoms with van der Waals surface area (Å²) < 4.78 is 4.81. The Morgan fingerprint density at radius 3 is 2.93 bits per heavy atom. The summed E-state index contributed by atoms with van der Waals surface area (Å²) in [7, 11) is 1.62. The molecule has 0 rings (SSSR count). The van der Waals surface area contributed by atoms with E-state index in [0.717, 1.165) is 25.1 Å². The van der Waals surface area contributed by atoms with Crippen LogP contribution in [0.3, 0.4) is 0 Å². The number of carbonyl (C=O) groups is 1. The molecule has 0 saturated heterocycles. The van der Waals surface area contributed by atoms with E-state index < -0.39 is 0 Å². The number of methoxy groups -OCH3 is 1. The minimum atomic E-state index is 0.0831. The summed E-state index contributed by atoms with van der Waals surface area (Å²) in [6.07, 6.45) is 2.13. The number of hydrogen-bond donors (Lipinski definition) is 2. The van der Waals surface area contributed by atoms with Crippen molar-refractivity contribution < 1.29 is 9.53 Å². The highest BCUT2D eigenvalue weighted by Gasteiger charge is 1.99. The zero-order chi connectivity index (χ0) is 10.6. The summed E-state index contributed by atoms with van der Waals surface area (Å²) >= 11 is 1.65. The molecule has 1 amide bonds. The lowest BCUT2D eigenvalue weighted by atomic mass is 10.3. The fourth-order valence-corrected chi connectivity index (χ4v) is 1.70. The maximum atomic E-state index is 11.1. The highest BCUT2D eigenvalue weighted by molar-refractivity contribution is 7.99. The van der Waals surface area contributed by atoms with Gasteiger partial charge in [-0.3, -0.25) is 4.79 Å². The first kappa shape index (κ1) is 13.7. The molecule has 0 aliphatic heterocycles. The molecule has 0 bridgehead atoms. The quantitative estimate of drug-likeness (QED) is 0.546. The van der Waals surface area contributed by atoms with Gasteiger partial charge in [-0.2, -0.15) is 11.8 Å². The third-order valence-corrected chi connectivity index (χ3v) is 2.65. The molecule has 0 aromatic carbocycles. The molecule has 0 aliphatic carbocycles. The Morgan fingerprint density at radius 2 is 2.29 bits per heavy atom. The first-order valence-electron chi connectivity index (χ1n) is 4.84. The van der Waals surface area contributed by atoms with Gasteiger partial charge in [-0.05, 0) is 25.1 Å². The maximum Gasteiger partial charge on any atom is 0.230 e. The van der Waals surface area contributed by atoms with Gasteiger partial charge in [0, 0.05) is 13.7 Å².